The summed E-state index contributed by atoms with van der Waals surface area (Å²) in [5.41, 5.74) is 6.49. The second kappa shape index (κ2) is 6.73. The molecule has 1 aromatic rings. The summed E-state index contributed by atoms with van der Waals surface area (Å²) in [4.78, 5) is 11.1. The summed E-state index contributed by atoms with van der Waals surface area (Å²) in [5.74, 6) is -0.0907. The Kier molecular flexibility index (Phi) is 5.25. The van der Waals surface area contributed by atoms with Crippen molar-refractivity contribution in [2.75, 3.05) is 0 Å². The molecule has 0 heterocycles. The van der Waals surface area contributed by atoms with E-state index in [1.54, 1.807) is 0 Å². The van der Waals surface area contributed by atoms with Crippen molar-refractivity contribution in [3.63, 3.8) is 0 Å². The smallest absolute Gasteiger partial charge is 0.220 e. The highest BCUT2D eigenvalue weighted by molar-refractivity contribution is 9.10. The van der Waals surface area contributed by atoms with Gasteiger partial charge < -0.3 is 11.1 Å². The monoisotopic (exact) mass is 344 g/mol. The van der Waals surface area contributed by atoms with E-state index in [9.17, 15) is 4.79 Å². The molecule has 1 fully saturated rings. The molecule has 0 saturated heterocycles. The molecule has 3 N–H and O–H groups in total. The fourth-order valence-corrected chi connectivity index (χ4v) is 3.10. The Morgan fingerprint density at radius 3 is 2.68 bits per heavy atom. The number of hydrogen-bond acceptors (Lipinski definition) is 2. The maximum atomic E-state index is 11.1. The van der Waals surface area contributed by atoms with E-state index in [1.807, 2.05) is 18.2 Å². The first-order chi connectivity index (χ1) is 9.06. The van der Waals surface area contributed by atoms with Crippen molar-refractivity contribution in [2.24, 2.45) is 11.7 Å². The molecule has 1 amide bonds. The molecule has 0 spiro atoms. The molecule has 0 radical (unpaired) electrons. The molecule has 1 aliphatic carbocycles. The maximum Gasteiger partial charge on any atom is 0.220 e. The summed E-state index contributed by atoms with van der Waals surface area (Å²) in [7, 11) is 0. The SMILES string of the molecule is NC(=O)C1CCC(NCc2cc(Cl)ccc2Br)CC1. The molecule has 3 nitrogen and oxygen atoms in total. The van der Waals surface area contributed by atoms with Gasteiger partial charge in [0, 0.05) is 28.0 Å². The number of nitrogens with one attached hydrogen (secondary N) is 1. The topological polar surface area (TPSA) is 55.1 Å². The number of nitrogens with two attached hydrogens (primary N) is 1. The van der Waals surface area contributed by atoms with Crippen molar-refractivity contribution < 1.29 is 4.79 Å². The first-order valence-electron chi connectivity index (χ1n) is 6.53. The Morgan fingerprint density at radius 2 is 2.05 bits per heavy atom. The van der Waals surface area contributed by atoms with E-state index >= 15 is 0 Å². The molecular weight excluding hydrogens is 328 g/mol. The molecule has 0 aromatic heterocycles. The van der Waals surface area contributed by atoms with Gasteiger partial charge in [-0.25, -0.2) is 0 Å². The summed E-state index contributed by atoms with van der Waals surface area (Å²) in [6.07, 6.45) is 3.80. The zero-order chi connectivity index (χ0) is 13.8. The second-order valence-electron chi connectivity index (χ2n) is 5.07. The van der Waals surface area contributed by atoms with Gasteiger partial charge >= 0.3 is 0 Å². The lowest BCUT2D eigenvalue weighted by Crippen LogP contribution is -2.36. The van der Waals surface area contributed by atoms with Crippen molar-refractivity contribution in [3.8, 4) is 0 Å². The van der Waals surface area contributed by atoms with Crippen molar-refractivity contribution in [1.82, 2.24) is 5.32 Å². The van der Waals surface area contributed by atoms with Crippen LogP contribution in [-0.4, -0.2) is 11.9 Å². The lowest BCUT2D eigenvalue weighted by atomic mass is 9.85. The highest BCUT2D eigenvalue weighted by atomic mass is 79.9. The molecule has 2 rings (SSSR count). The highest BCUT2D eigenvalue weighted by Crippen LogP contribution is 2.25. The summed E-state index contributed by atoms with van der Waals surface area (Å²) < 4.78 is 1.07. The van der Waals surface area contributed by atoms with Gasteiger partial charge in [0.1, 0.15) is 0 Å². The number of rotatable bonds is 4. The van der Waals surface area contributed by atoms with E-state index in [0.29, 0.717) is 6.04 Å². The van der Waals surface area contributed by atoms with Crippen LogP contribution in [0.3, 0.4) is 0 Å². The van der Waals surface area contributed by atoms with Crippen LogP contribution in [0.5, 0.6) is 0 Å². The highest BCUT2D eigenvalue weighted by Gasteiger charge is 2.24. The molecule has 0 atom stereocenters. The quantitative estimate of drug-likeness (QED) is 0.880. The van der Waals surface area contributed by atoms with Crippen LogP contribution < -0.4 is 11.1 Å². The fourth-order valence-electron chi connectivity index (χ4n) is 2.52. The zero-order valence-electron chi connectivity index (χ0n) is 10.7. The lowest BCUT2D eigenvalue weighted by Gasteiger charge is -2.27. The van der Waals surface area contributed by atoms with E-state index in [2.05, 4.69) is 21.2 Å². The number of hydrogen-bond donors (Lipinski definition) is 2. The third kappa shape index (κ3) is 4.20. The van der Waals surface area contributed by atoms with Crippen molar-refractivity contribution >= 4 is 33.4 Å². The number of amides is 1. The van der Waals surface area contributed by atoms with Crippen LogP contribution in [0, 0.1) is 5.92 Å². The van der Waals surface area contributed by atoms with Gasteiger partial charge in [-0.05, 0) is 49.4 Å². The Balaban J connectivity index is 1.83. The van der Waals surface area contributed by atoms with E-state index in [0.717, 1.165) is 47.3 Å². The summed E-state index contributed by atoms with van der Waals surface area (Å²) >= 11 is 9.52. The molecule has 1 aliphatic rings. The Hall–Kier alpha value is -0.580. The Morgan fingerprint density at radius 1 is 1.37 bits per heavy atom. The van der Waals surface area contributed by atoms with Crippen LogP contribution in [0.4, 0.5) is 0 Å². The van der Waals surface area contributed by atoms with Gasteiger partial charge in [-0.3, -0.25) is 4.79 Å². The average Bonchev–Trinajstić information content (AvgIpc) is 2.40. The van der Waals surface area contributed by atoms with Gasteiger partial charge in [0.05, 0.1) is 0 Å². The van der Waals surface area contributed by atoms with Gasteiger partial charge in [-0.2, -0.15) is 0 Å². The normalized spacial score (nSPS) is 23.3. The third-order valence-electron chi connectivity index (χ3n) is 3.72. The molecule has 0 aliphatic heterocycles. The summed E-state index contributed by atoms with van der Waals surface area (Å²) in [6.45, 7) is 0.785. The second-order valence-corrected chi connectivity index (χ2v) is 6.36. The van der Waals surface area contributed by atoms with Crippen LogP contribution in [0.1, 0.15) is 31.2 Å². The van der Waals surface area contributed by atoms with Crippen LogP contribution in [0.25, 0.3) is 0 Å². The first kappa shape index (κ1) is 14.8. The molecular formula is C14H18BrClN2O. The number of benzene rings is 1. The minimum absolute atomic E-state index is 0.0657. The number of carbonyl (C=O) groups excluding carboxylic acids is 1. The van der Waals surface area contributed by atoms with Gasteiger partial charge in [0.2, 0.25) is 5.91 Å². The lowest BCUT2D eigenvalue weighted by molar-refractivity contribution is -0.122. The number of primary amides is 1. The van der Waals surface area contributed by atoms with Crippen molar-refractivity contribution in [2.45, 2.75) is 38.3 Å². The molecule has 1 aromatic carbocycles. The first-order valence-corrected chi connectivity index (χ1v) is 7.70. The van der Waals surface area contributed by atoms with Crippen LogP contribution in [0.2, 0.25) is 5.02 Å². The third-order valence-corrected chi connectivity index (χ3v) is 4.73. The Bertz CT molecular complexity index is 459. The van der Waals surface area contributed by atoms with E-state index in [-0.39, 0.29) is 11.8 Å². The minimum atomic E-state index is -0.156. The molecule has 0 bridgehead atoms. The van der Waals surface area contributed by atoms with Crippen LogP contribution in [0.15, 0.2) is 22.7 Å². The van der Waals surface area contributed by atoms with Crippen molar-refractivity contribution in [3.05, 3.63) is 33.3 Å². The van der Waals surface area contributed by atoms with Gasteiger partial charge in [0.25, 0.3) is 0 Å². The Labute approximate surface area is 127 Å². The summed E-state index contributed by atoms with van der Waals surface area (Å²) in [6, 6.07) is 6.26. The predicted octanol–water partition coefficient (Wildman–Crippen LogP) is 3.24. The molecule has 5 heteroatoms. The van der Waals surface area contributed by atoms with Gasteiger partial charge in [0.15, 0.2) is 0 Å². The summed E-state index contributed by atoms with van der Waals surface area (Å²) in [5, 5.41) is 4.27. The minimum Gasteiger partial charge on any atom is -0.369 e. The van der Waals surface area contributed by atoms with Crippen molar-refractivity contribution in [1.29, 1.82) is 0 Å². The number of carbonyl (C=O) groups is 1. The number of halogens is 2. The van der Waals surface area contributed by atoms with Crippen LogP contribution in [-0.2, 0) is 11.3 Å². The molecule has 1 saturated carbocycles. The predicted molar refractivity (Wildman–Crippen MR) is 80.9 cm³/mol. The fraction of sp³-hybridized carbons (Fsp3) is 0.500. The molecule has 0 unspecified atom stereocenters. The van der Waals surface area contributed by atoms with Crippen LogP contribution >= 0.6 is 27.5 Å². The molecule has 19 heavy (non-hydrogen) atoms. The van der Waals surface area contributed by atoms with E-state index in [1.165, 1.54) is 0 Å². The van der Waals surface area contributed by atoms with E-state index < -0.39 is 0 Å². The molecule has 104 valence electrons. The van der Waals surface area contributed by atoms with Gasteiger partial charge in [-0.1, -0.05) is 27.5 Å². The standard InChI is InChI=1S/C14H18BrClN2O/c15-13-6-3-11(16)7-10(13)8-18-12-4-1-9(2-5-12)14(17)19/h3,6-7,9,12,18H,1-2,4-5,8H2,(H2,17,19). The zero-order valence-corrected chi connectivity index (χ0v) is 13.0. The largest absolute Gasteiger partial charge is 0.369 e. The average molecular weight is 346 g/mol. The van der Waals surface area contributed by atoms with Gasteiger partial charge in [-0.15, -0.1) is 0 Å². The maximum absolute atomic E-state index is 11.1. The van der Waals surface area contributed by atoms with E-state index in [4.69, 9.17) is 17.3 Å².